The minimum absolute atomic E-state index is 0.126. The number of likely N-dealkylation sites (tertiary alicyclic amines) is 1. The second-order valence-corrected chi connectivity index (χ2v) is 10.6. The van der Waals surface area contributed by atoms with Crippen molar-refractivity contribution >= 4 is 23.0 Å². The van der Waals surface area contributed by atoms with Gasteiger partial charge in [-0.1, -0.05) is 6.07 Å². The van der Waals surface area contributed by atoms with Crippen molar-refractivity contribution in [3.8, 4) is 5.75 Å². The zero-order valence-corrected chi connectivity index (χ0v) is 22.0. The van der Waals surface area contributed by atoms with Crippen molar-refractivity contribution in [2.45, 2.75) is 43.4 Å². The Balaban J connectivity index is 1.30. The van der Waals surface area contributed by atoms with Gasteiger partial charge < -0.3 is 29.2 Å². The summed E-state index contributed by atoms with van der Waals surface area (Å²) < 4.78 is 15.5. The van der Waals surface area contributed by atoms with Crippen LogP contribution in [0.25, 0.3) is 11.2 Å². The smallest absolute Gasteiger partial charge is 0.341 e. The van der Waals surface area contributed by atoms with Crippen LogP contribution in [0.2, 0.25) is 0 Å². The molecule has 3 aromatic rings. The summed E-state index contributed by atoms with van der Waals surface area (Å²) in [5.41, 5.74) is -2.02. The van der Waals surface area contributed by atoms with E-state index in [-0.39, 0.29) is 30.1 Å². The minimum atomic E-state index is -1.26. The van der Waals surface area contributed by atoms with Gasteiger partial charge in [-0.3, -0.25) is 18.7 Å². The molecule has 0 bridgehead atoms. The van der Waals surface area contributed by atoms with E-state index in [2.05, 4.69) is 4.98 Å². The highest BCUT2D eigenvalue weighted by molar-refractivity contribution is 5.94. The molecule has 4 heterocycles. The Labute approximate surface area is 222 Å². The minimum Gasteiger partial charge on any atom is -0.482 e. The number of carbonyl (C=O) groups is 2. The summed E-state index contributed by atoms with van der Waals surface area (Å²) in [6.07, 6.45) is 2.77. The van der Waals surface area contributed by atoms with Gasteiger partial charge in [0.1, 0.15) is 5.75 Å². The highest BCUT2D eigenvalue weighted by atomic mass is 16.5. The first-order chi connectivity index (χ1) is 18.4. The molecular formula is C26H31N5O8. The third-order valence-corrected chi connectivity index (χ3v) is 7.86. The lowest BCUT2D eigenvalue weighted by molar-refractivity contribution is -0.194. The summed E-state index contributed by atoms with van der Waals surface area (Å²) in [7, 11) is 2.95. The van der Waals surface area contributed by atoms with E-state index in [0.29, 0.717) is 37.2 Å². The number of hydrogen-bond donors (Lipinski definition) is 2. The van der Waals surface area contributed by atoms with Crippen LogP contribution in [-0.2, 0) is 23.6 Å². The number of aryl methyl sites for hydroxylation is 1. The van der Waals surface area contributed by atoms with Crippen LogP contribution in [0.15, 0.2) is 40.2 Å². The van der Waals surface area contributed by atoms with E-state index < -0.39 is 41.1 Å². The lowest BCUT2D eigenvalue weighted by atomic mass is 9.75. The van der Waals surface area contributed by atoms with Crippen LogP contribution in [0.1, 0.15) is 42.6 Å². The first-order valence-electron chi connectivity index (χ1n) is 12.7. The predicted octanol–water partition coefficient (Wildman–Crippen LogP) is 0.285. The van der Waals surface area contributed by atoms with Crippen LogP contribution in [0.5, 0.6) is 5.75 Å². The number of carboxylic acid groups (broad SMARTS) is 1. The Hall–Kier alpha value is -3.97. The number of piperidine rings is 1. The largest absolute Gasteiger partial charge is 0.482 e. The molecule has 2 N–H and O–H groups in total. The third kappa shape index (κ3) is 4.72. The SMILES string of the molecule is Cn1c(=O)c2c(ncn2[C@@H]2COC3(CCN(C(=O)c4cccc(OCC(=O)O)c4)CC3)C[C@@]2(C)O)n(C)c1=O. The van der Waals surface area contributed by atoms with Crippen molar-refractivity contribution in [1.82, 2.24) is 23.6 Å². The molecule has 2 atom stereocenters. The molecule has 13 heteroatoms. The number of amides is 1. The number of nitrogens with zero attached hydrogens (tertiary/aromatic N) is 5. The number of rotatable bonds is 5. The summed E-state index contributed by atoms with van der Waals surface area (Å²) in [4.78, 5) is 55.1. The Bertz CT molecular complexity index is 1560. The van der Waals surface area contributed by atoms with Crippen LogP contribution in [0.4, 0.5) is 0 Å². The van der Waals surface area contributed by atoms with Gasteiger partial charge in [-0.15, -0.1) is 0 Å². The Morgan fingerprint density at radius 3 is 2.56 bits per heavy atom. The summed E-state index contributed by atoms with van der Waals surface area (Å²) >= 11 is 0. The number of carbonyl (C=O) groups excluding carboxylic acids is 1. The van der Waals surface area contributed by atoms with Crippen molar-refractivity contribution in [3.05, 3.63) is 57.0 Å². The number of aliphatic hydroxyl groups is 1. The van der Waals surface area contributed by atoms with Crippen molar-refractivity contribution in [1.29, 1.82) is 0 Å². The third-order valence-electron chi connectivity index (χ3n) is 7.86. The molecule has 2 fully saturated rings. The average molecular weight is 542 g/mol. The second-order valence-electron chi connectivity index (χ2n) is 10.6. The van der Waals surface area contributed by atoms with Crippen molar-refractivity contribution in [2.75, 3.05) is 26.3 Å². The Morgan fingerprint density at radius 2 is 1.90 bits per heavy atom. The Morgan fingerprint density at radius 1 is 1.18 bits per heavy atom. The number of ether oxygens (including phenoxy) is 2. The molecule has 2 aliphatic heterocycles. The van der Waals surface area contributed by atoms with Crippen LogP contribution in [0, 0.1) is 0 Å². The lowest BCUT2D eigenvalue weighted by Gasteiger charge is -2.51. The average Bonchev–Trinajstić information content (AvgIpc) is 3.34. The van der Waals surface area contributed by atoms with Gasteiger partial charge in [0.2, 0.25) is 0 Å². The predicted molar refractivity (Wildman–Crippen MR) is 138 cm³/mol. The molecule has 1 amide bonds. The number of imidazole rings is 1. The zero-order chi connectivity index (χ0) is 28.1. The molecule has 0 radical (unpaired) electrons. The molecular weight excluding hydrogens is 510 g/mol. The number of fused-ring (bicyclic) bond motifs is 1. The van der Waals surface area contributed by atoms with E-state index in [1.54, 1.807) is 41.6 Å². The number of carboxylic acids is 1. The standard InChI is InChI=1S/C26H31N5O8/c1-25(37)14-26(39-12-18(25)31-15-27-21-20(31)23(35)29(3)24(36)28(21)2)7-9-30(10-8-26)22(34)16-5-4-6-17(11-16)38-13-19(32)33/h4-6,11,15,18,37H,7-10,12-14H2,1-3H3,(H,32,33)/t18-,25-/m1/s1. The molecule has 208 valence electrons. The van der Waals surface area contributed by atoms with Gasteiger partial charge in [0.05, 0.1) is 30.2 Å². The quantitative estimate of drug-likeness (QED) is 0.463. The van der Waals surface area contributed by atoms with E-state index in [1.807, 2.05) is 0 Å². The fourth-order valence-corrected chi connectivity index (χ4v) is 5.72. The maximum absolute atomic E-state index is 13.1. The van der Waals surface area contributed by atoms with Crippen molar-refractivity contribution < 1.29 is 29.3 Å². The molecule has 0 unspecified atom stereocenters. The van der Waals surface area contributed by atoms with Gasteiger partial charge in [0.25, 0.3) is 11.5 Å². The van der Waals surface area contributed by atoms with Crippen LogP contribution in [-0.4, -0.2) is 83.2 Å². The molecule has 0 aliphatic carbocycles. The van der Waals surface area contributed by atoms with Gasteiger partial charge in [0.15, 0.2) is 17.8 Å². The molecule has 39 heavy (non-hydrogen) atoms. The maximum atomic E-state index is 13.1. The lowest BCUT2D eigenvalue weighted by Crippen LogP contribution is -2.58. The summed E-state index contributed by atoms with van der Waals surface area (Å²) in [6, 6.07) is 5.81. The molecule has 1 aromatic carbocycles. The van der Waals surface area contributed by atoms with E-state index in [4.69, 9.17) is 14.6 Å². The zero-order valence-electron chi connectivity index (χ0n) is 22.0. The van der Waals surface area contributed by atoms with Crippen LogP contribution < -0.4 is 16.0 Å². The molecule has 5 rings (SSSR count). The first-order valence-corrected chi connectivity index (χ1v) is 12.7. The summed E-state index contributed by atoms with van der Waals surface area (Å²) in [6.45, 7) is 2.17. The van der Waals surface area contributed by atoms with Crippen molar-refractivity contribution in [3.63, 3.8) is 0 Å². The highest BCUT2D eigenvalue weighted by Gasteiger charge is 2.50. The Kier molecular flexibility index (Phi) is 6.59. The summed E-state index contributed by atoms with van der Waals surface area (Å²) in [5.74, 6) is -0.998. The van der Waals surface area contributed by atoms with E-state index in [0.717, 1.165) is 4.57 Å². The highest BCUT2D eigenvalue weighted by Crippen LogP contribution is 2.44. The van der Waals surface area contributed by atoms with Crippen LogP contribution >= 0.6 is 0 Å². The van der Waals surface area contributed by atoms with Crippen LogP contribution in [0.3, 0.4) is 0 Å². The molecule has 1 spiro atoms. The fourth-order valence-electron chi connectivity index (χ4n) is 5.72. The van der Waals surface area contributed by atoms with E-state index in [9.17, 15) is 24.3 Å². The van der Waals surface area contributed by atoms with Gasteiger partial charge in [-0.2, -0.15) is 0 Å². The first kappa shape index (κ1) is 26.6. The topological polar surface area (TPSA) is 158 Å². The molecule has 2 aliphatic rings. The maximum Gasteiger partial charge on any atom is 0.341 e. The summed E-state index contributed by atoms with van der Waals surface area (Å²) in [5, 5.41) is 20.4. The van der Waals surface area contributed by atoms with Gasteiger partial charge in [0, 0.05) is 39.2 Å². The normalized spacial score (nSPS) is 22.8. The number of hydrogen-bond acceptors (Lipinski definition) is 8. The van der Waals surface area contributed by atoms with Gasteiger partial charge >= 0.3 is 11.7 Å². The molecule has 2 saturated heterocycles. The number of benzene rings is 1. The van der Waals surface area contributed by atoms with E-state index in [1.165, 1.54) is 24.0 Å². The molecule has 0 saturated carbocycles. The van der Waals surface area contributed by atoms with Gasteiger partial charge in [-0.05, 0) is 38.0 Å². The molecule has 13 nitrogen and oxygen atoms in total. The second kappa shape index (κ2) is 9.65. The van der Waals surface area contributed by atoms with Crippen molar-refractivity contribution in [2.24, 2.45) is 14.1 Å². The van der Waals surface area contributed by atoms with Gasteiger partial charge in [-0.25, -0.2) is 14.6 Å². The number of aliphatic carboxylic acids is 1. The molecule has 2 aromatic heterocycles. The number of aromatic nitrogens is 4. The monoisotopic (exact) mass is 541 g/mol. The fraction of sp³-hybridized carbons (Fsp3) is 0.500. The van der Waals surface area contributed by atoms with E-state index >= 15 is 0 Å².